The Bertz CT molecular complexity index is 1160. The molecule has 0 radical (unpaired) electrons. The molecule has 4 heterocycles. The van der Waals surface area contributed by atoms with E-state index < -0.39 is 5.97 Å². The molecule has 35 heavy (non-hydrogen) atoms. The van der Waals surface area contributed by atoms with Crippen molar-refractivity contribution >= 4 is 30.0 Å². The summed E-state index contributed by atoms with van der Waals surface area (Å²) in [5, 5.41) is 13.7. The Morgan fingerprint density at radius 1 is 0.886 bits per heavy atom. The minimum Gasteiger partial charge on any atom is -0.478 e. The third-order valence-electron chi connectivity index (χ3n) is 6.30. The van der Waals surface area contributed by atoms with Gasteiger partial charge in [0.05, 0.1) is 11.8 Å². The molecule has 0 aliphatic carbocycles. The molecule has 2 fully saturated rings. The van der Waals surface area contributed by atoms with Gasteiger partial charge in [-0.2, -0.15) is 20.1 Å². The number of hydrazone groups is 1. The number of hydrogen-bond acceptors (Lipinski definition) is 9. The van der Waals surface area contributed by atoms with Gasteiger partial charge >= 0.3 is 5.97 Å². The second kappa shape index (κ2) is 10.5. The summed E-state index contributed by atoms with van der Waals surface area (Å²) < 4.78 is 5.81. The van der Waals surface area contributed by atoms with Gasteiger partial charge in [0.1, 0.15) is 11.5 Å². The number of aromatic nitrogens is 3. The zero-order valence-corrected chi connectivity index (χ0v) is 19.6. The summed E-state index contributed by atoms with van der Waals surface area (Å²) in [6, 6.07) is 10.2. The number of nitrogens with one attached hydrogen (secondary N) is 1. The first-order valence-electron chi connectivity index (χ1n) is 12.1. The van der Waals surface area contributed by atoms with Gasteiger partial charge in [0, 0.05) is 31.7 Å². The number of furan rings is 1. The van der Waals surface area contributed by atoms with E-state index in [9.17, 15) is 9.90 Å². The van der Waals surface area contributed by atoms with Gasteiger partial charge in [-0.3, -0.25) is 0 Å². The number of carbonyl (C=O) groups is 1. The van der Waals surface area contributed by atoms with Crippen LogP contribution < -0.4 is 15.2 Å². The molecule has 182 valence electrons. The molecule has 2 aliphatic heterocycles. The Kier molecular flexibility index (Phi) is 6.87. The molecule has 2 aliphatic rings. The third kappa shape index (κ3) is 5.42. The van der Waals surface area contributed by atoms with Crippen LogP contribution in [0.25, 0.3) is 11.3 Å². The van der Waals surface area contributed by atoms with Crippen molar-refractivity contribution in [1.82, 2.24) is 15.0 Å². The highest BCUT2D eigenvalue weighted by Crippen LogP contribution is 2.26. The van der Waals surface area contributed by atoms with Gasteiger partial charge in [0.25, 0.3) is 0 Å². The monoisotopic (exact) mass is 475 g/mol. The molecule has 3 aromatic rings. The molecule has 0 spiro atoms. The van der Waals surface area contributed by atoms with Crippen molar-refractivity contribution in [2.75, 3.05) is 41.4 Å². The first kappa shape index (κ1) is 22.8. The number of carboxylic acids is 1. The van der Waals surface area contributed by atoms with E-state index in [0.29, 0.717) is 34.9 Å². The summed E-state index contributed by atoms with van der Waals surface area (Å²) in [5.41, 5.74) is 3.63. The fourth-order valence-electron chi connectivity index (χ4n) is 4.48. The average Bonchev–Trinajstić information content (AvgIpc) is 3.38. The van der Waals surface area contributed by atoms with Crippen molar-refractivity contribution < 1.29 is 14.3 Å². The van der Waals surface area contributed by atoms with Crippen molar-refractivity contribution in [3.8, 4) is 11.3 Å². The van der Waals surface area contributed by atoms with Crippen LogP contribution in [-0.2, 0) is 0 Å². The van der Waals surface area contributed by atoms with E-state index in [1.54, 1.807) is 36.4 Å². The maximum absolute atomic E-state index is 11.5. The lowest BCUT2D eigenvalue weighted by molar-refractivity contribution is 0.0697. The summed E-state index contributed by atoms with van der Waals surface area (Å²) in [6.45, 7) is 3.77. The highest BCUT2D eigenvalue weighted by atomic mass is 16.4. The fraction of sp³-hybridized carbons (Fsp3) is 0.400. The van der Waals surface area contributed by atoms with Gasteiger partial charge in [-0.25, -0.2) is 10.2 Å². The molecule has 10 heteroatoms. The largest absolute Gasteiger partial charge is 0.478 e. The summed E-state index contributed by atoms with van der Waals surface area (Å²) in [7, 11) is 0. The average molecular weight is 476 g/mol. The van der Waals surface area contributed by atoms with Gasteiger partial charge < -0.3 is 19.3 Å². The first-order valence-corrected chi connectivity index (χ1v) is 12.1. The van der Waals surface area contributed by atoms with E-state index in [0.717, 1.165) is 51.9 Å². The molecule has 0 saturated carbocycles. The van der Waals surface area contributed by atoms with E-state index in [2.05, 4.69) is 30.3 Å². The normalized spacial score (nSPS) is 16.6. The maximum atomic E-state index is 11.5. The molecule has 0 unspecified atom stereocenters. The van der Waals surface area contributed by atoms with Crippen LogP contribution in [0.1, 0.15) is 54.6 Å². The summed E-state index contributed by atoms with van der Waals surface area (Å²) in [5.74, 6) is 1.70. The predicted octanol–water partition coefficient (Wildman–Crippen LogP) is 4.26. The first-order chi connectivity index (χ1) is 17.2. The quantitative estimate of drug-likeness (QED) is 0.381. The smallest absolute Gasteiger partial charge is 0.336 e. The Hall–Kier alpha value is -3.95. The van der Waals surface area contributed by atoms with Crippen molar-refractivity contribution in [2.45, 2.75) is 38.5 Å². The van der Waals surface area contributed by atoms with Gasteiger partial charge in [-0.05, 0) is 56.7 Å². The summed E-state index contributed by atoms with van der Waals surface area (Å²) in [4.78, 5) is 30.0. The molecule has 2 saturated heterocycles. The summed E-state index contributed by atoms with van der Waals surface area (Å²) in [6.07, 6.45) is 8.54. The van der Waals surface area contributed by atoms with E-state index in [4.69, 9.17) is 9.40 Å². The van der Waals surface area contributed by atoms with Crippen LogP contribution >= 0.6 is 0 Å². The van der Waals surface area contributed by atoms with E-state index in [1.807, 2.05) is 0 Å². The van der Waals surface area contributed by atoms with Gasteiger partial charge in [0.2, 0.25) is 17.8 Å². The molecule has 0 bridgehead atoms. The van der Waals surface area contributed by atoms with Crippen molar-refractivity contribution in [3.05, 3.63) is 47.7 Å². The molecule has 0 amide bonds. The Labute approximate surface area is 203 Å². The van der Waals surface area contributed by atoms with Crippen LogP contribution in [0.15, 0.2) is 45.9 Å². The number of rotatable bonds is 7. The van der Waals surface area contributed by atoms with Crippen LogP contribution in [0.5, 0.6) is 0 Å². The number of aromatic carboxylic acids is 1. The maximum Gasteiger partial charge on any atom is 0.336 e. The number of anilines is 3. The van der Waals surface area contributed by atoms with Gasteiger partial charge in [-0.1, -0.05) is 18.2 Å². The van der Waals surface area contributed by atoms with Crippen LogP contribution in [0, 0.1) is 0 Å². The second-order valence-electron chi connectivity index (χ2n) is 8.78. The van der Waals surface area contributed by atoms with Crippen molar-refractivity contribution in [3.63, 3.8) is 0 Å². The van der Waals surface area contributed by atoms with Gasteiger partial charge in [-0.15, -0.1) is 0 Å². The Morgan fingerprint density at radius 3 is 2.14 bits per heavy atom. The Morgan fingerprint density at radius 2 is 1.51 bits per heavy atom. The molecule has 1 aromatic carbocycles. The second-order valence-corrected chi connectivity index (χ2v) is 8.78. The number of piperidine rings is 2. The molecular formula is C25H29N7O3. The lowest BCUT2D eigenvalue weighted by Crippen LogP contribution is -2.34. The number of carboxylic acid groups (broad SMARTS) is 1. The summed E-state index contributed by atoms with van der Waals surface area (Å²) >= 11 is 0. The van der Waals surface area contributed by atoms with E-state index >= 15 is 0 Å². The van der Waals surface area contributed by atoms with Crippen LogP contribution in [0.4, 0.5) is 17.8 Å². The standard InChI is InChI=1S/C25H29N7O3/c33-22(34)20-10-4-3-9-19(20)21-12-11-18(35-21)17-26-30-23-27-24(31-13-5-1-6-14-31)29-25(28-23)32-15-7-2-8-16-32/h3-4,9-12,17H,1-2,5-8,13-16H2,(H,33,34)(H,27,28,29,30)/b26-17+. The van der Waals surface area contributed by atoms with Crippen molar-refractivity contribution in [1.29, 1.82) is 0 Å². The molecule has 2 N–H and O–H groups in total. The topological polar surface area (TPSA) is 120 Å². The lowest BCUT2D eigenvalue weighted by Gasteiger charge is -2.30. The zero-order chi connectivity index (χ0) is 24.0. The third-order valence-corrected chi connectivity index (χ3v) is 6.30. The fourth-order valence-corrected chi connectivity index (χ4v) is 4.48. The molecule has 5 rings (SSSR count). The highest BCUT2D eigenvalue weighted by molar-refractivity contribution is 5.95. The lowest BCUT2D eigenvalue weighted by atomic mass is 10.1. The highest BCUT2D eigenvalue weighted by Gasteiger charge is 2.20. The zero-order valence-electron chi connectivity index (χ0n) is 19.6. The van der Waals surface area contributed by atoms with Crippen LogP contribution in [-0.4, -0.2) is 58.4 Å². The SMILES string of the molecule is O=C(O)c1ccccc1-c1ccc(/C=N/Nc2nc(N3CCCCC3)nc(N3CCCCC3)n2)o1. The van der Waals surface area contributed by atoms with Gasteiger partial charge in [0.15, 0.2) is 0 Å². The van der Waals surface area contributed by atoms with E-state index in [-0.39, 0.29) is 5.56 Å². The Balaban J connectivity index is 1.34. The number of nitrogens with zero attached hydrogens (tertiary/aromatic N) is 6. The number of hydrogen-bond donors (Lipinski definition) is 2. The van der Waals surface area contributed by atoms with E-state index in [1.165, 1.54) is 19.1 Å². The van der Waals surface area contributed by atoms with Crippen molar-refractivity contribution in [2.24, 2.45) is 5.10 Å². The molecule has 2 aromatic heterocycles. The van der Waals surface area contributed by atoms with Crippen LogP contribution in [0.3, 0.4) is 0 Å². The molecular weight excluding hydrogens is 446 g/mol. The minimum atomic E-state index is -1.00. The predicted molar refractivity (Wildman–Crippen MR) is 134 cm³/mol. The number of benzene rings is 1. The molecule has 0 atom stereocenters. The minimum absolute atomic E-state index is 0.184. The molecule has 10 nitrogen and oxygen atoms in total. The van der Waals surface area contributed by atoms with Crippen LogP contribution in [0.2, 0.25) is 0 Å².